The Morgan fingerprint density at radius 2 is 1.71 bits per heavy atom. The molecule has 2 atom stereocenters. The lowest BCUT2D eigenvalue weighted by atomic mass is 10.0. The van der Waals surface area contributed by atoms with Crippen LogP contribution in [0.25, 0.3) is 0 Å². The zero-order valence-corrected chi connectivity index (χ0v) is 18.0. The van der Waals surface area contributed by atoms with E-state index in [1.54, 1.807) is 20.8 Å². The van der Waals surface area contributed by atoms with Crippen LogP contribution in [0.1, 0.15) is 40.2 Å². The number of carbonyl (C=O) groups is 1. The van der Waals surface area contributed by atoms with E-state index in [2.05, 4.69) is 10.0 Å². The smallest absolute Gasteiger partial charge is 0.404 e. The molecular formula is C19H33N3O5S. The highest BCUT2D eigenvalue weighted by Crippen LogP contribution is 2.13. The SMILES string of the molecule is CC(C)CN(C[C@@H](O)[C@H](Cc1ccccc1)NC(=O)O)S(=O)(=O)NC(C)(C)C. The second-order valence-electron chi connectivity index (χ2n) is 8.38. The number of hydrogen-bond donors (Lipinski definition) is 4. The fourth-order valence-electron chi connectivity index (χ4n) is 2.78. The molecule has 0 unspecified atom stereocenters. The molecule has 0 fully saturated rings. The van der Waals surface area contributed by atoms with E-state index < -0.39 is 34.0 Å². The molecule has 4 N–H and O–H groups in total. The van der Waals surface area contributed by atoms with Crippen LogP contribution < -0.4 is 10.0 Å². The normalized spacial score (nSPS) is 14.9. The molecular weight excluding hydrogens is 382 g/mol. The fourth-order valence-corrected chi connectivity index (χ4v) is 4.52. The molecule has 0 heterocycles. The maximum Gasteiger partial charge on any atom is 0.404 e. The summed E-state index contributed by atoms with van der Waals surface area (Å²) in [7, 11) is -3.86. The van der Waals surface area contributed by atoms with E-state index in [9.17, 15) is 18.3 Å². The van der Waals surface area contributed by atoms with E-state index in [1.807, 2.05) is 44.2 Å². The molecule has 0 aromatic heterocycles. The van der Waals surface area contributed by atoms with Crippen LogP contribution in [0.4, 0.5) is 4.79 Å². The van der Waals surface area contributed by atoms with Gasteiger partial charge in [-0.3, -0.25) is 0 Å². The fraction of sp³-hybridized carbons (Fsp3) is 0.632. The van der Waals surface area contributed by atoms with Gasteiger partial charge >= 0.3 is 6.09 Å². The van der Waals surface area contributed by atoms with Gasteiger partial charge < -0.3 is 15.5 Å². The van der Waals surface area contributed by atoms with E-state index in [1.165, 1.54) is 4.31 Å². The molecule has 0 aliphatic carbocycles. The van der Waals surface area contributed by atoms with Crippen LogP contribution in [0.5, 0.6) is 0 Å². The van der Waals surface area contributed by atoms with E-state index in [0.29, 0.717) is 0 Å². The van der Waals surface area contributed by atoms with Gasteiger partial charge in [0.1, 0.15) is 0 Å². The van der Waals surface area contributed by atoms with Crippen molar-refractivity contribution in [2.45, 2.75) is 58.7 Å². The zero-order valence-electron chi connectivity index (χ0n) is 17.2. The maximum absolute atomic E-state index is 12.8. The van der Waals surface area contributed by atoms with Crippen molar-refractivity contribution < 1.29 is 23.4 Å². The van der Waals surface area contributed by atoms with Crippen LogP contribution in [0.2, 0.25) is 0 Å². The molecule has 1 aromatic carbocycles. The number of nitrogens with one attached hydrogen (secondary N) is 2. The van der Waals surface area contributed by atoms with Gasteiger partial charge in [0.2, 0.25) is 0 Å². The van der Waals surface area contributed by atoms with Crippen LogP contribution in [0.3, 0.4) is 0 Å². The number of amides is 1. The van der Waals surface area contributed by atoms with Crippen molar-refractivity contribution in [3.8, 4) is 0 Å². The van der Waals surface area contributed by atoms with Gasteiger partial charge in [-0.05, 0) is 38.7 Å². The summed E-state index contributed by atoms with van der Waals surface area (Å²) in [6.45, 7) is 8.94. The molecule has 0 aliphatic heterocycles. The molecule has 1 amide bonds. The monoisotopic (exact) mass is 415 g/mol. The van der Waals surface area contributed by atoms with Gasteiger partial charge in [0.05, 0.1) is 12.1 Å². The standard InChI is InChI=1S/C19H33N3O5S/c1-14(2)12-22(28(26,27)21-19(3,4)5)13-17(23)16(20-18(24)25)11-15-9-7-6-8-10-15/h6-10,14,16-17,20-21,23H,11-13H2,1-5H3,(H,24,25)/t16-,17+/m0/s1. The molecule has 8 nitrogen and oxygen atoms in total. The molecule has 1 rings (SSSR count). The molecule has 0 radical (unpaired) electrons. The quantitative estimate of drug-likeness (QED) is 0.465. The highest BCUT2D eigenvalue weighted by Gasteiger charge is 2.32. The summed E-state index contributed by atoms with van der Waals surface area (Å²) in [4.78, 5) is 11.2. The number of aliphatic hydroxyl groups excluding tert-OH is 1. The van der Waals surface area contributed by atoms with E-state index in [0.717, 1.165) is 5.56 Å². The van der Waals surface area contributed by atoms with Gasteiger partial charge in [0.25, 0.3) is 10.2 Å². The van der Waals surface area contributed by atoms with Gasteiger partial charge in [-0.25, -0.2) is 4.79 Å². The largest absolute Gasteiger partial charge is 0.465 e. The Kier molecular flexibility index (Phi) is 8.87. The minimum absolute atomic E-state index is 0.0312. The number of rotatable bonds is 10. The van der Waals surface area contributed by atoms with Crippen molar-refractivity contribution in [3.63, 3.8) is 0 Å². The first-order valence-electron chi connectivity index (χ1n) is 9.30. The van der Waals surface area contributed by atoms with Crippen molar-refractivity contribution in [2.75, 3.05) is 13.1 Å². The number of aliphatic hydroxyl groups is 1. The van der Waals surface area contributed by atoms with Crippen molar-refractivity contribution in [1.82, 2.24) is 14.3 Å². The summed E-state index contributed by atoms with van der Waals surface area (Å²) >= 11 is 0. The van der Waals surface area contributed by atoms with Crippen molar-refractivity contribution >= 4 is 16.3 Å². The van der Waals surface area contributed by atoms with Gasteiger partial charge in [0, 0.05) is 18.6 Å². The predicted molar refractivity (Wildman–Crippen MR) is 109 cm³/mol. The lowest BCUT2D eigenvalue weighted by Crippen LogP contribution is -2.55. The van der Waals surface area contributed by atoms with E-state index in [-0.39, 0.29) is 25.4 Å². The summed E-state index contributed by atoms with van der Waals surface area (Å²) in [6, 6.07) is 8.29. The topological polar surface area (TPSA) is 119 Å². The summed E-state index contributed by atoms with van der Waals surface area (Å²) in [5.41, 5.74) is 0.160. The van der Waals surface area contributed by atoms with Gasteiger partial charge in [-0.1, -0.05) is 44.2 Å². The minimum atomic E-state index is -3.86. The molecule has 0 aliphatic rings. The number of benzene rings is 1. The Balaban J connectivity index is 3.03. The van der Waals surface area contributed by atoms with Gasteiger partial charge in [0.15, 0.2) is 0 Å². The third-order valence-electron chi connectivity index (χ3n) is 3.81. The first-order valence-corrected chi connectivity index (χ1v) is 10.7. The summed E-state index contributed by atoms with van der Waals surface area (Å²) in [5.74, 6) is 0.0312. The average Bonchev–Trinajstić information content (AvgIpc) is 2.51. The van der Waals surface area contributed by atoms with Crippen molar-refractivity contribution in [3.05, 3.63) is 35.9 Å². The number of hydrogen-bond acceptors (Lipinski definition) is 4. The van der Waals surface area contributed by atoms with Crippen LogP contribution >= 0.6 is 0 Å². The average molecular weight is 416 g/mol. The number of nitrogens with zero attached hydrogens (tertiary/aromatic N) is 1. The Hall–Kier alpha value is -1.68. The highest BCUT2D eigenvalue weighted by atomic mass is 32.2. The second-order valence-corrected chi connectivity index (χ2v) is 10.1. The molecule has 0 saturated carbocycles. The van der Waals surface area contributed by atoms with Crippen molar-refractivity contribution in [1.29, 1.82) is 0 Å². The third kappa shape index (κ3) is 9.01. The van der Waals surface area contributed by atoms with Gasteiger partial charge in [-0.15, -0.1) is 0 Å². The molecule has 0 bridgehead atoms. The Bertz CT molecular complexity index is 717. The van der Waals surface area contributed by atoms with Gasteiger partial charge in [-0.2, -0.15) is 17.4 Å². The molecule has 9 heteroatoms. The molecule has 0 saturated heterocycles. The molecule has 160 valence electrons. The minimum Gasteiger partial charge on any atom is -0.465 e. The molecule has 0 spiro atoms. The lowest BCUT2D eigenvalue weighted by molar-refractivity contribution is 0.0974. The second kappa shape index (κ2) is 10.2. The van der Waals surface area contributed by atoms with Crippen LogP contribution in [-0.2, 0) is 16.6 Å². The predicted octanol–water partition coefficient (Wildman–Crippen LogP) is 1.82. The van der Waals surface area contributed by atoms with Crippen molar-refractivity contribution in [2.24, 2.45) is 5.92 Å². The summed E-state index contributed by atoms with van der Waals surface area (Å²) < 4.78 is 29.3. The first kappa shape index (κ1) is 24.4. The van der Waals surface area contributed by atoms with Crippen LogP contribution in [0, 0.1) is 5.92 Å². The Labute approximate surface area is 168 Å². The summed E-state index contributed by atoms with van der Waals surface area (Å²) in [6.07, 6.45) is -2.24. The molecule has 28 heavy (non-hydrogen) atoms. The zero-order chi connectivity index (χ0) is 21.5. The van der Waals surface area contributed by atoms with E-state index in [4.69, 9.17) is 5.11 Å². The third-order valence-corrected chi connectivity index (χ3v) is 5.65. The molecule has 1 aromatic rings. The number of carboxylic acid groups (broad SMARTS) is 1. The lowest BCUT2D eigenvalue weighted by Gasteiger charge is -2.32. The van der Waals surface area contributed by atoms with E-state index >= 15 is 0 Å². The maximum atomic E-state index is 12.8. The van der Waals surface area contributed by atoms with Crippen LogP contribution in [0.15, 0.2) is 30.3 Å². The first-order chi connectivity index (χ1) is 12.8. The van der Waals surface area contributed by atoms with Crippen LogP contribution in [-0.4, -0.2) is 59.8 Å². The Morgan fingerprint density at radius 3 is 2.18 bits per heavy atom. The Morgan fingerprint density at radius 1 is 1.14 bits per heavy atom. The highest BCUT2D eigenvalue weighted by molar-refractivity contribution is 7.87. The summed E-state index contributed by atoms with van der Waals surface area (Å²) in [5, 5.41) is 22.2.